The number of piperidine rings is 1. The minimum atomic E-state index is -4.47. The molecular formula is C20H22ClF3N2OS. The van der Waals surface area contributed by atoms with Gasteiger partial charge in [-0.25, -0.2) is 0 Å². The molecule has 1 fully saturated rings. The van der Waals surface area contributed by atoms with Gasteiger partial charge < -0.3 is 10.2 Å². The molecule has 0 radical (unpaired) electrons. The molecule has 0 spiro atoms. The minimum Gasteiger partial charge on any atom is -0.341 e. The molecule has 0 unspecified atom stereocenters. The first kappa shape index (κ1) is 21.1. The van der Waals surface area contributed by atoms with Crippen molar-refractivity contribution in [2.45, 2.75) is 32.0 Å². The second kappa shape index (κ2) is 8.43. The Bertz CT molecular complexity index is 852. The quantitative estimate of drug-likeness (QED) is 0.733. The number of nitrogens with zero attached hydrogens (tertiary/aromatic N) is 1. The lowest BCUT2D eigenvalue weighted by atomic mass is 9.83. The molecule has 2 atom stereocenters. The zero-order chi connectivity index (χ0) is 20.5. The minimum absolute atomic E-state index is 0.0135. The van der Waals surface area contributed by atoms with Crippen LogP contribution < -0.4 is 5.32 Å². The summed E-state index contributed by atoms with van der Waals surface area (Å²) in [7, 11) is 1.64. The highest BCUT2D eigenvalue weighted by molar-refractivity contribution is 7.10. The third-order valence-electron chi connectivity index (χ3n) is 5.12. The summed E-state index contributed by atoms with van der Waals surface area (Å²) in [5.41, 5.74) is 0.738. The maximum atomic E-state index is 13.1. The highest BCUT2D eigenvalue weighted by atomic mass is 35.5. The van der Waals surface area contributed by atoms with Crippen LogP contribution in [0.4, 0.5) is 13.2 Å². The number of carbonyl (C=O) groups is 1. The lowest BCUT2D eigenvalue weighted by Gasteiger charge is -2.34. The van der Waals surface area contributed by atoms with Crippen molar-refractivity contribution in [1.29, 1.82) is 0 Å². The molecular weight excluding hydrogens is 409 g/mol. The van der Waals surface area contributed by atoms with E-state index in [0.29, 0.717) is 12.0 Å². The standard InChI is InChI=1S/C20H22ClF3N2OS/c1-12-4-6-28-18(12)17-10-25-5-3-16(17)19(27)26(2)11-13-7-14(20(22,23)24)9-15(21)8-13/h4,6-9,16-17,25H,3,5,10-11H2,1-2H3/t16-,17-/m0/s1. The van der Waals surface area contributed by atoms with E-state index in [2.05, 4.69) is 5.32 Å². The monoisotopic (exact) mass is 430 g/mol. The van der Waals surface area contributed by atoms with Gasteiger partial charge in [-0.05, 0) is 60.7 Å². The van der Waals surface area contributed by atoms with Gasteiger partial charge in [0.15, 0.2) is 0 Å². The number of hydrogen-bond donors (Lipinski definition) is 1. The molecule has 1 aliphatic rings. The van der Waals surface area contributed by atoms with Crippen LogP contribution in [-0.2, 0) is 17.5 Å². The van der Waals surface area contributed by atoms with Crippen molar-refractivity contribution in [2.24, 2.45) is 5.92 Å². The van der Waals surface area contributed by atoms with Crippen LogP contribution in [0, 0.1) is 12.8 Å². The highest BCUT2D eigenvalue weighted by Gasteiger charge is 2.35. The van der Waals surface area contributed by atoms with E-state index in [9.17, 15) is 18.0 Å². The molecule has 0 saturated carbocycles. The molecule has 3 nitrogen and oxygen atoms in total. The third kappa shape index (κ3) is 4.70. The van der Waals surface area contributed by atoms with E-state index >= 15 is 0 Å². The maximum Gasteiger partial charge on any atom is 0.416 e. The van der Waals surface area contributed by atoms with E-state index in [4.69, 9.17) is 11.6 Å². The number of amides is 1. The van der Waals surface area contributed by atoms with Gasteiger partial charge in [0.05, 0.1) is 5.56 Å². The first-order valence-corrected chi connectivity index (χ1v) is 10.3. The Morgan fingerprint density at radius 2 is 2.11 bits per heavy atom. The zero-order valence-corrected chi connectivity index (χ0v) is 17.2. The summed E-state index contributed by atoms with van der Waals surface area (Å²) in [6.45, 7) is 3.60. The van der Waals surface area contributed by atoms with Crippen LogP contribution in [-0.4, -0.2) is 30.9 Å². The fourth-order valence-electron chi connectivity index (χ4n) is 3.73. The topological polar surface area (TPSA) is 32.3 Å². The normalized spacial score (nSPS) is 20.2. The van der Waals surface area contributed by atoms with E-state index in [0.717, 1.165) is 25.2 Å². The summed E-state index contributed by atoms with van der Waals surface area (Å²) in [4.78, 5) is 15.8. The Balaban J connectivity index is 1.78. The molecule has 3 rings (SSSR count). The Morgan fingerprint density at radius 1 is 1.36 bits per heavy atom. The smallest absolute Gasteiger partial charge is 0.341 e. The SMILES string of the molecule is Cc1ccsc1[C@H]1CNCC[C@@H]1C(=O)N(C)Cc1cc(Cl)cc(C(F)(F)F)c1. The summed E-state index contributed by atoms with van der Waals surface area (Å²) >= 11 is 7.51. The Kier molecular flexibility index (Phi) is 6.37. The van der Waals surface area contributed by atoms with Gasteiger partial charge in [-0.3, -0.25) is 4.79 Å². The zero-order valence-electron chi connectivity index (χ0n) is 15.6. The molecule has 0 bridgehead atoms. The lowest BCUT2D eigenvalue weighted by Crippen LogP contribution is -2.43. The van der Waals surface area contributed by atoms with E-state index in [1.54, 1.807) is 18.4 Å². The van der Waals surface area contributed by atoms with Crippen LogP contribution in [0.15, 0.2) is 29.6 Å². The van der Waals surface area contributed by atoms with Crippen LogP contribution in [0.3, 0.4) is 0 Å². The molecule has 2 heterocycles. The molecule has 1 aromatic heterocycles. The van der Waals surface area contributed by atoms with Crippen molar-refractivity contribution in [3.63, 3.8) is 0 Å². The first-order valence-electron chi connectivity index (χ1n) is 9.03. The second-order valence-electron chi connectivity index (χ2n) is 7.21. The number of halogens is 4. The van der Waals surface area contributed by atoms with E-state index < -0.39 is 11.7 Å². The van der Waals surface area contributed by atoms with Gasteiger partial charge in [0.25, 0.3) is 0 Å². The van der Waals surface area contributed by atoms with Crippen molar-refractivity contribution in [2.75, 3.05) is 20.1 Å². The van der Waals surface area contributed by atoms with Crippen molar-refractivity contribution in [1.82, 2.24) is 10.2 Å². The number of nitrogens with one attached hydrogen (secondary N) is 1. The molecule has 1 aliphatic heterocycles. The fraction of sp³-hybridized carbons (Fsp3) is 0.450. The van der Waals surface area contributed by atoms with Gasteiger partial charge in [0.2, 0.25) is 5.91 Å². The number of thiophene rings is 1. The van der Waals surface area contributed by atoms with Gasteiger partial charge in [-0.2, -0.15) is 13.2 Å². The predicted molar refractivity (Wildman–Crippen MR) is 106 cm³/mol. The number of aryl methyl sites for hydroxylation is 1. The number of benzene rings is 1. The molecule has 28 heavy (non-hydrogen) atoms. The number of hydrogen-bond acceptors (Lipinski definition) is 3. The summed E-state index contributed by atoms with van der Waals surface area (Å²) in [5.74, 6) is -0.161. The Labute approximate surface area is 171 Å². The molecule has 1 saturated heterocycles. The van der Waals surface area contributed by atoms with Crippen molar-refractivity contribution >= 4 is 28.8 Å². The number of alkyl halides is 3. The molecule has 8 heteroatoms. The predicted octanol–water partition coefficient (Wildman–Crippen LogP) is 5.08. The van der Waals surface area contributed by atoms with Crippen LogP contribution in [0.1, 0.15) is 33.9 Å². The Morgan fingerprint density at radius 3 is 2.75 bits per heavy atom. The second-order valence-corrected chi connectivity index (χ2v) is 8.60. The summed E-state index contributed by atoms with van der Waals surface area (Å²) in [5, 5.41) is 5.39. The molecule has 2 aromatic rings. The van der Waals surface area contributed by atoms with Gasteiger partial charge in [-0.15, -0.1) is 11.3 Å². The van der Waals surface area contributed by atoms with E-state index in [-0.39, 0.29) is 29.3 Å². The molecule has 1 N–H and O–H groups in total. The largest absolute Gasteiger partial charge is 0.416 e. The molecule has 152 valence electrons. The molecule has 1 aromatic carbocycles. The average molecular weight is 431 g/mol. The maximum absolute atomic E-state index is 13.1. The van der Waals surface area contributed by atoms with Crippen molar-refractivity contribution in [3.05, 3.63) is 56.2 Å². The van der Waals surface area contributed by atoms with Gasteiger partial charge in [-0.1, -0.05) is 11.6 Å². The number of rotatable bonds is 4. The highest BCUT2D eigenvalue weighted by Crippen LogP contribution is 2.36. The summed E-state index contributed by atoms with van der Waals surface area (Å²) in [6, 6.07) is 5.47. The summed E-state index contributed by atoms with van der Waals surface area (Å²) < 4.78 is 39.1. The van der Waals surface area contributed by atoms with Crippen LogP contribution >= 0.6 is 22.9 Å². The van der Waals surface area contributed by atoms with Crippen LogP contribution in [0.25, 0.3) is 0 Å². The number of carbonyl (C=O) groups excluding carboxylic acids is 1. The van der Waals surface area contributed by atoms with Crippen LogP contribution in [0.2, 0.25) is 5.02 Å². The molecule has 1 amide bonds. The summed E-state index contributed by atoms with van der Waals surface area (Å²) in [6.07, 6.45) is -3.77. The van der Waals surface area contributed by atoms with Crippen molar-refractivity contribution < 1.29 is 18.0 Å². The van der Waals surface area contributed by atoms with Crippen LogP contribution in [0.5, 0.6) is 0 Å². The van der Waals surface area contributed by atoms with E-state index in [1.165, 1.54) is 21.4 Å². The average Bonchev–Trinajstić information content (AvgIpc) is 3.05. The fourth-order valence-corrected chi connectivity index (χ4v) is 5.09. The first-order chi connectivity index (χ1) is 13.2. The van der Waals surface area contributed by atoms with E-state index in [1.807, 2.05) is 18.4 Å². The van der Waals surface area contributed by atoms with Gasteiger partial charge in [0, 0.05) is 41.9 Å². The van der Waals surface area contributed by atoms with Crippen molar-refractivity contribution in [3.8, 4) is 0 Å². The Hall–Kier alpha value is -1.57. The third-order valence-corrected chi connectivity index (χ3v) is 6.49. The lowest BCUT2D eigenvalue weighted by molar-refractivity contribution is -0.137. The van der Waals surface area contributed by atoms with Gasteiger partial charge >= 0.3 is 6.18 Å². The van der Waals surface area contributed by atoms with Gasteiger partial charge in [0.1, 0.15) is 0 Å². The molecule has 0 aliphatic carbocycles.